The molecule has 0 aliphatic carbocycles. The topological polar surface area (TPSA) is 73.6 Å². The highest BCUT2D eigenvalue weighted by molar-refractivity contribution is 5.84. The summed E-state index contributed by atoms with van der Waals surface area (Å²) in [5.74, 6) is 0.523. The molecule has 3 N–H and O–H groups in total. The molecule has 0 unspecified atom stereocenters. The van der Waals surface area contributed by atoms with Gasteiger partial charge in [-0.15, -0.1) is 0 Å². The number of rotatable bonds is 4. The molecule has 114 valence electrons. The van der Waals surface area contributed by atoms with Crippen molar-refractivity contribution < 1.29 is 0 Å². The number of aromatic nitrogens is 3. The van der Waals surface area contributed by atoms with E-state index in [-0.39, 0.29) is 11.6 Å². The minimum Gasteiger partial charge on any atom is -0.358 e. The maximum atomic E-state index is 11.8. The van der Waals surface area contributed by atoms with E-state index in [9.17, 15) is 4.79 Å². The zero-order valence-electron chi connectivity index (χ0n) is 13.0. The van der Waals surface area contributed by atoms with Crippen molar-refractivity contribution in [3.8, 4) is 0 Å². The van der Waals surface area contributed by atoms with Crippen molar-refractivity contribution >= 4 is 16.9 Å². The molecule has 1 aromatic carbocycles. The van der Waals surface area contributed by atoms with E-state index in [4.69, 9.17) is 0 Å². The molecule has 0 spiro atoms. The summed E-state index contributed by atoms with van der Waals surface area (Å²) in [4.78, 5) is 22.4. The summed E-state index contributed by atoms with van der Waals surface area (Å²) < 4.78 is 0. The number of benzene rings is 1. The summed E-state index contributed by atoms with van der Waals surface area (Å²) in [6.07, 6.45) is 0.631. The second-order valence-corrected chi connectivity index (χ2v) is 5.84. The third-order valence-corrected chi connectivity index (χ3v) is 3.61. The van der Waals surface area contributed by atoms with E-state index < -0.39 is 0 Å². The van der Waals surface area contributed by atoms with E-state index in [1.54, 1.807) is 6.07 Å². The van der Waals surface area contributed by atoms with Crippen LogP contribution in [0, 0.1) is 6.92 Å². The predicted molar refractivity (Wildman–Crippen MR) is 89.5 cm³/mol. The lowest BCUT2D eigenvalue weighted by Gasteiger charge is -2.09. The van der Waals surface area contributed by atoms with Gasteiger partial charge in [0, 0.05) is 35.1 Å². The Balaban J connectivity index is 2.00. The zero-order valence-corrected chi connectivity index (χ0v) is 13.0. The fraction of sp³-hybridized carbons (Fsp3) is 0.294. The number of para-hydroxylation sites is 1. The second kappa shape index (κ2) is 5.67. The molecule has 0 atom stereocenters. The molecular formula is C17H20N4O. The van der Waals surface area contributed by atoms with Gasteiger partial charge in [-0.2, -0.15) is 0 Å². The Hall–Kier alpha value is -2.56. The van der Waals surface area contributed by atoms with Gasteiger partial charge >= 0.3 is 0 Å². The highest BCUT2D eigenvalue weighted by Crippen LogP contribution is 2.23. The number of H-pyrrole nitrogens is 2. The van der Waals surface area contributed by atoms with Gasteiger partial charge in [0.05, 0.1) is 5.69 Å². The van der Waals surface area contributed by atoms with Gasteiger partial charge < -0.3 is 10.3 Å². The molecule has 3 rings (SSSR count). The number of hydrogen-bond acceptors (Lipinski definition) is 3. The largest absolute Gasteiger partial charge is 0.358 e. The van der Waals surface area contributed by atoms with E-state index in [2.05, 4.69) is 39.3 Å². The van der Waals surface area contributed by atoms with Crippen LogP contribution in [0.5, 0.6) is 0 Å². The van der Waals surface area contributed by atoms with Crippen molar-refractivity contribution in [2.75, 3.05) is 5.32 Å². The quantitative estimate of drug-likeness (QED) is 0.693. The fourth-order valence-electron chi connectivity index (χ4n) is 2.68. The molecular weight excluding hydrogens is 276 g/mol. The van der Waals surface area contributed by atoms with Crippen LogP contribution in [0.4, 0.5) is 5.95 Å². The van der Waals surface area contributed by atoms with E-state index in [0.717, 1.165) is 16.9 Å². The van der Waals surface area contributed by atoms with Crippen LogP contribution in [-0.4, -0.2) is 21.0 Å². The average molecular weight is 296 g/mol. The number of fused-ring (bicyclic) bond motifs is 1. The summed E-state index contributed by atoms with van der Waals surface area (Å²) in [5, 5.41) is 4.32. The average Bonchev–Trinajstić information content (AvgIpc) is 2.74. The maximum absolute atomic E-state index is 11.8. The molecule has 5 nitrogen and oxygen atoms in total. The van der Waals surface area contributed by atoms with Crippen LogP contribution in [0.3, 0.4) is 0 Å². The van der Waals surface area contributed by atoms with Crippen molar-refractivity contribution in [3.63, 3.8) is 0 Å². The van der Waals surface area contributed by atoms with Crippen molar-refractivity contribution in [1.29, 1.82) is 0 Å². The van der Waals surface area contributed by atoms with Gasteiger partial charge in [0.25, 0.3) is 5.56 Å². The van der Waals surface area contributed by atoms with Crippen molar-refractivity contribution in [2.24, 2.45) is 0 Å². The highest BCUT2D eigenvalue weighted by atomic mass is 16.1. The Morgan fingerprint density at radius 2 is 2.00 bits per heavy atom. The monoisotopic (exact) mass is 296 g/mol. The fourth-order valence-corrected chi connectivity index (χ4v) is 2.68. The first-order valence-electron chi connectivity index (χ1n) is 7.46. The van der Waals surface area contributed by atoms with Crippen LogP contribution in [0.25, 0.3) is 10.9 Å². The Bertz CT molecular complexity index is 860. The zero-order chi connectivity index (χ0) is 15.7. The standard InChI is InChI=1S/C17H20N4O/c1-10(2)18-17-20-12(9-16(22)21-17)8-14-11(3)19-15-7-5-4-6-13(14)15/h4-7,9-10,19H,8H2,1-3H3,(H2,18,20,21,22). The third kappa shape index (κ3) is 2.88. The van der Waals surface area contributed by atoms with Gasteiger partial charge in [-0.1, -0.05) is 18.2 Å². The van der Waals surface area contributed by atoms with E-state index in [0.29, 0.717) is 12.4 Å². The Morgan fingerprint density at radius 3 is 2.77 bits per heavy atom. The van der Waals surface area contributed by atoms with E-state index in [1.165, 1.54) is 10.9 Å². The minimum atomic E-state index is -0.134. The molecule has 0 fully saturated rings. The molecule has 0 aliphatic rings. The van der Waals surface area contributed by atoms with Crippen molar-refractivity contribution in [3.05, 3.63) is 57.6 Å². The summed E-state index contributed by atoms with van der Waals surface area (Å²) in [5.41, 5.74) is 4.04. The molecule has 0 aliphatic heterocycles. The van der Waals surface area contributed by atoms with Gasteiger partial charge in [0.15, 0.2) is 0 Å². The van der Waals surface area contributed by atoms with Crippen molar-refractivity contribution in [1.82, 2.24) is 15.0 Å². The van der Waals surface area contributed by atoms with Crippen LogP contribution in [-0.2, 0) is 6.42 Å². The number of anilines is 1. The predicted octanol–water partition coefficient (Wildman–Crippen LogP) is 2.97. The highest BCUT2D eigenvalue weighted by Gasteiger charge is 2.11. The Morgan fingerprint density at radius 1 is 1.23 bits per heavy atom. The lowest BCUT2D eigenvalue weighted by molar-refractivity contribution is 0.862. The lowest BCUT2D eigenvalue weighted by atomic mass is 10.1. The SMILES string of the molecule is Cc1[nH]c2ccccc2c1Cc1cc(=O)[nH]c(NC(C)C)n1. The Labute approximate surface area is 128 Å². The van der Waals surface area contributed by atoms with Crippen LogP contribution in [0.2, 0.25) is 0 Å². The molecule has 0 radical (unpaired) electrons. The smallest absolute Gasteiger partial charge is 0.252 e. The van der Waals surface area contributed by atoms with Gasteiger partial charge in [-0.05, 0) is 32.4 Å². The number of nitrogens with zero attached hydrogens (tertiary/aromatic N) is 1. The first-order chi connectivity index (χ1) is 10.5. The van der Waals surface area contributed by atoms with E-state index in [1.807, 2.05) is 26.0 Å². The Kier molecular flexibility index (Phi) is 3.71. The number of aromatic amines is 2. The molecule has 2 aromatic heterocycles. The van der Waals surface area contributed by atoms with Crippen LogP contribution in [0.1, 0.15) is 30.8 Å². The first kappa shape index (κ1) is 14.4. The van der Waals surface area contributed by atoms with Crippen LogP contribution in [0.15, 0.2) is 35.1 Å². The summed E-state index contributed by atoms with van der Waals surface area (Å²) in [7, 11) is 0. The van der Waals surface area contributed by atoms with Gasteiger partial charge in [0.1, 0.15) is 0 Å². The maximum Gasteiger partial charge on any atom is 0.252 e. The number of hydrogen-bond donors (Lipinski definition) is 3. The first-order valence-corrected chi connectivity index (χ1v) is 7.46. The molecule has 2 heterocycles. The third-order valence-electron chi connectivity index (χ3n) is 3.61. The molecule has 0 bridgehead atoms. The van der Waals surface area contributed by atoms with Crippen LogP contribution >= 0.6 is 0 Å². The lowest BCUT2D eigenvalue weighted by Crippen LogP contribution is -2.18. The molecule has 3 aromatic rings. The summed E-state index contributed by atoms with van der Waals surface area (Å²) >= 11 is 0. The normalized spacial score (nSPS) is 11.3. The summed E-state index contributed by atoms with van der Waals surface area (Å²) in [6, 6.07) is 9.96. The minimum absolute atomic E-state index is 0.134. The van der Waals surface area contributed by atoms with Crippen LogP contribution < -0.4 is 10.9 Å². The van der Waals surface area contributed by atoms with Gasteiger partial charge in [0.2, 0.25) is 5.95 Å². The van der Waals surface area contributed by atoms with Gasteiger partial charge in [-0.25, -0.2) is 4.98 Å². The molecule has 0 amide bonds. The second-order valence-electron chi connectivity index (χ2n) is 5.84. The number of aryl methyl sites for hydroxylation is 1. The molecule has 5 heteroatoms. The van der Waals surface area contributed by atoms with Crippen molar-refractivity contribution in [2.45, 2.75) is 33.2 Å². The van der Waals surface area contributed by atoms with Gasteiger partial charge in [-0.3, -0.25) is 9.78 Å². The van der Waals surface area contributed by atoms with E-state index >= 15 is 0 Å². The number of nitrogens with one attached hydrogen (secondary N) is 3. The molecule has 0 saturated carbocycles. The molecule has 22 heavy (non-hydrogen) atoms. The summed E-state index contributed by atoms with van der Waals surface area (Å²) in [6.45, 7) is 6.07. The molecule has 0 saturated heterocycles.